The van der Waals surface area contributed by atoms with Gasteiger partial charge in [0.05, 0.1) is 20.3 Å². The Morgan fingerprint density at radius 1 is 0.542 bits per heavy atom. The Kier molecular flexibility index (Phi) is 8.67. The molecule has 8 aromatic rings. The van der Waals surface area contributed by atoms with Crippen molar-refractivity contribution in [3.05, 3.63) is 129 Å². The zero-order valence-corrected chi connectivity index (χ0v) is 29.8. The molecule has 8 rings (SSSR count). The number of fused-ring (bicyclic) bond motifs is 2. The van der Waals surface area contributed by atoms with Crippen LogP contribution in [0.2, 0.25) is 0 Å². The van der Waals surface area contributed by atoms with Crippen LogP contribution in [0.3, 0.4) is 0 Å². The molecule has 240 valence electrons. The first-order valence-electron chi connectivity index (χ1n) is 15.1. The molecule has 6 heterocycles. The smallest absolute Gasteiger partial charge is 0.255 e. The van der Waals surface area contributed by atoms with Crippen LogP contribution in [0.25, 0.3) is 34.3 Å². The Morgan fingerprint density at radius 3 is 1.29 bits per heavy atom. The molecule has 0 amide bonds. The number of hydrogen-bond acceptors (Lipinski definition) is 8. The third-order valence-corrected chi connectivity index (χ3v) is 8.57. The van der Waals surface area contributed by atoms with Crippen molar-refractivity contribution in [3.63, 3.8) is 0 Å². The maximum atomic E-state index is 4.56. The molecule has 48 heavy (non-hydrogen) atoms. The Labute approximate surface area is 292 Å². The van der Waals surface area contributed by atoms with Crippen LogP contribution >= 0.6 is 31.9 Å². The number of halogens is 2. The molecule has 0 aliphatic heterocycles. The highest BCUT2D eigenvalue weighted by molar-refractivity contribution is 9.10. The zero-order chi connectivity index (χ0) is 33.4. The molecule has 0 radical (unpaired) electrons. The van der Waals surface area contributed by atoms with Gasteiger partial charge in [0.25, 0.3) is 11.6 Å². The van der Waals surface area contributed by atoms with Gasteiger partial charge in [0.15, 0.2) is 0 Å². The van der Waals surface area contributed by atoms with E-state index in [-0.39, 0.29) is 0 Å². The second-order valence-corrected chi connectivity index (χ2v) is 13.3. The van der Waals surface area contributed by atoms with Crippen LogP contribution in [0.15, 0.2) is 94.7 Å². The summed E-state index contributed by atoms with van der Waals surface area (Å²) < 4.78 is 9.69. The van der Waals surface area contributed by atoms with Crippen molar-refractivity contribution in [1.29, 1.82) is 0 Å². The molecular formula is C34H30Br2N12. The minimum absolute atomic E-state index is 0.605. The summed E-state index contributed by atoms with van der Waals surface area (Å²) >= 11 is 6.87. The predicted molar refractivity (Wildman–Crippen MR) is 189 cm³/mol. The van der Waals surface area contributed by atoms with Crippen molar-refractivity contribution >= 4 is 43.4 Å². The molecule has 0 saturated carbocycles. The number of imidazole rings is 2. The molecule has 0 atom stereocenters. The molecule has 0 spiro atoms. The first-order chi connectivity index (χ1) is 23.2. The third kappa shape index (κ3) is 6.66. The van der Waals surface area contributed by atoms with E-state index in [2.05, 4.69) is 121 Å². The first kappa shape index (κ1) is 31.5. The quantitative estimate of drug-likeness (QED) is 0.192. The second kappa shape index (κ2) is 13.2. The monoisotopic (exact) mass is 764 g/mol. The summed E-state index contributed by atoms with van der Waals surface area (Å²) in [6, 6.07) is 16.8. The van der Waals surface area contributed by atoms with E-state index in [9.17, 15) is 0 Å². The Morgan fingerprint density at radius 2 is 0.938 bits per heavy atom. The van der Waals surface area contributed by atoms with Crippen molar-refractivity contribution in [2.45, 2.75) is 26.7 Å². The molecular weight excluding hydrogens is 736 g/mol. The summed E-state index contributed by atoms with van der Waals surface area (Å²) in [6.45, 7) is 4.00. The second-order valence-electron chi connectivity index (χ2n) is 11.5. The summed E-state index contributed by atoms with van der Waals surface area (Å²) in [5.41, 5.74) is 6.57. The van der Waals surface area contributed by atoms with Crippen LogP contribution in [-0.2, 0) is 26.9 Å². The lowest BCUT2D eigenvalue weighted by atomic mass is 10.1. The van der Waals surface area contributed by atoms with Crippen LogP contribution in [0.1, 0.15) is 34.2 Å². The predicted octanol–water partition coefficient (Wildman–Crippen LogP) is 6.37. The van der Waals surface area contributed by atoms with E-state index < -0.39 is 0 Å². The lowest BCUT2D eigenvalue weighted by Crippen LogP contribution is -1.98. The van der Waals surface area contributed by atoms with E-state index in [1.807, 2.05) is 70.7 Å². The van der Waals surface area contributed by atoms with E-state index in [4.69, 9.17) is 0 Å². The molecule has 0 aliphatic carbocycles. The van der Waals surface area contributed by atoms with Gasteiger partial charge in [-0.1, -0.05) is 48.5 Å². The SMILES string of the molecule is Cc1cn(C)c(-c2ccc(Cc3nnc4ncc(Br)cn34)cc2)n1.Cc1cn(C)c(-c2ccc(Cc3nnc4ncc(Br)cn34)cc2)n1. The molecule has 2 aromatic carbocycles. The lowest BCUT2D eigenvalue weighted by molar-refractivity contribution is 0.921. The van der Waals surface area contributed by atoms with Crippen molar-refractivity contribution in [1.82, 2.24) is 58.3 Å². The van der Waals surface area contributed by atoms with Gasteiger partial charge < -0.3 is 9.13 Å². The molecule has 6 aromatic heterocycles. The Bertz CT molecular complexity index is 2200. The third-order valence-electron chi connectivity index (χ3n) is 7.75. The fourth-order valence-corrected chi connectivity index (χ4v) is 6.15. The van der Waals surface area contributed by atoms with Gasteiger partial charge in [-0.3, -0.25) is 8.80 Å². The van der Waals surface area contributed by atoms with Crippen LogP contribution in [0.5, 0.6) is 0 Å². The van der Waals surface area contributed by atoms with Gasteiger partial charge >= 0.3 is 0 Å². The number of rotatable bonds is 6. The van der Waals surface area contributed by atoms with Gasteiger partial charge in [0.2, 0.25) is 0 Å². The number of hydrogen-bond donors (Lipinski definition) is 0. The summed E-state index contributed by atoms with van der Waals surface area (Å²) in [6.07, 6.45) is 12.7. The van der Waals surface area contributed by atoms with Crippen molar-refractivity contribution in [2.75, 3.05) is 0 Å². The van der Waals surface area contributed by atoms with Gasteiger partial charge in [-0.25, -0.2) is 19.9 Å². The first-order valence-corrected chi connectivity index (χ1v) is 16.7. The van der Waals surface area contributed by atoms with Crippen molar-refractivity contribution in [3.8, 4) is 22.8 Å². The number of aromatic nitrogens is 12. The summed E-state index contributed by atoms with van der Waals surface area (Å²) in [4.78, 5) is 17.6. The van der Waals surface area contributed by atoms with E-state index in [1.165, 1.54) is 11.1 Å². The van der Waals surface area contributed by atoms with Gasteiger partial charge in [-0.05, 0) is 56.8 Å². The Hall–Kier alpha value is -5.08. The summed E-state index contributed by atoms with van der Waals surface area (Å²) in [7, 11) is 4.02. The molecule has 0 fully saturated rings. The molecule has 0 saturated heterocycles. The highest BCUT2D eigenvalue weighted by Crippen LogP contribution is 2.22. The summed E-state index contributed by atoms with van der Waals surface area (Å²) in [5, 5.41) is 16.7. The summed E-state index contributed by atoms with van der Waals surface area (Å²) in [5.74, 6) is 4.88. The van der Waals surface area contributed by atoms with Crippen LogP contribution in [0, 0.1) is 13.8 Å². The van der Waals surface area contributed by atoms with E-state index >= 15 is 0 Å². The zero-order valence-electron chi connectivity index (χ0n) is 26.6. The maximum absolute atomic E-state index is 4.56. The van der Waals surface area contributed by atoms with E-state index in [1.54, 1.807) is 12.4 Å². The van der Waals surface area contributed by atoms with Gasteiger partial charge in [-0.2, -0.15) is 0 Å². The van der Waals surface area contributed by atoms with Crippen LogP contribution < -0.4 is 0 Å². The molecule has 14 heteroatoms. The highest BCUT2D eigenvalue weighted by Gasteiger charge is 2.11. The van der Waals surface area contributed by atoms with Crippen LogP contribution in [0.4, 0.5) is 0 Å². The minimum Gasteiger partial charge on any atom is -0.334 e. The standard InChI is InChI=1S/2C17H15BrN6/c2*1-11-9-23(2)16(20-11)13-5-3-12(4-6-13)7-15-21-22-17-19-8-14(18)10-24(15)17/h2*3-6,8-10H,7H2,1-2H3. The minimum atomic E-state index is 0.605. The maximum Gasteiger partial charge on any atom is 0.255 e. The van der Waals surface area contributed by atoms with Gasteiger partial charge in [-0.15, -0.1) is 20.4 Å². The molecule has 0 bridgehead atoms. The topological polar surface area (TPSA) is 122 Å². The molecule has 0 aliphatic rings. The number of benzene rings is 2. The van der Waals surface area contributed by atoms with E-state index in [0.29, 0.717) is 24.4 Å². The van der Waals surface area contributed by atoms with Gasteiger partial charge in [0.1, 0.15) is 23.3 Å². The Balaban J connectivity index is 0.000000152. The largest absolute Gasteiger partial charge is 0.334 e. The van der Waals surface area contributed by atoms with Crippen LogP contribution in [-0.4, -0.2) is 58.3 Å². The number of nitrogens with zero attached hydrogens (tertiary/aromatic N) is 12. The van der Waals surface area contributed by atoms with Gasteiger partial charge in [0, 0.05) is 75.2 Å². The fraction of sp³-hybridized carbons (Fsp3) is 0.176. The lowest BCUT2D eigenvalue weighted by Gasteiger charge is -2.04. The van der Waals surface area contributed by atoms with Crippen molar-refractivity contribution in [2.24, 2.45) is 14.1 Å². The van der Waals surface area contributed by atoms with Crippen molar-refractivity contribution < 1.29 is 0 Å². The molecule has 0 N–H and O–H groups in total. The highest BCUT2D eigenvalue weighted by atomic mass is 79.9. The average Bonchev–Trinajstić information content (AvgIpc) is 3.84. The normalized spacial score (nSPS) is 11.3. The average molecular weight is 767 g/mol. The molecule has 0 unspecified atom stereocenters. The van der Waals surface area contributed by atoms with E-state index in [0.717, 1.165) is 54.8 Å². The number of aryl methyl sites for hydroxylation is 4. The molecule has 12 nitrogen and oxygen atoms in total. The fourth-order valence-electron chi connectivity index (χ4n) is 5.54.